The Morgan fingerprint density at radius 1 is 1.40 bits per heavy atom. The molecule has 2 aliphatic heterocycles. The number of hydrogen-bond donors (Lipinski definition) is 2. The summed E-state index contributed by atoms with van der Waals surface area (Å²) in [4.78, 5) is 21.8. The number of hydrogen-bond acceptors (Lipinski definition) is 3. The van der Waals surface area contributed by atoms with Crippen molar-refractivity contribution in [1.29, 1.82) is 0 Å². The summed E-state index contributed by atoms with van der Waals surface area (Å²) in [5, 5.41) is 4.92. The summed E-state index contributed by atoms with van der Waals surface area (Å²) in [5.41, 5.74) is 1.23. The number of amides is 1. The normalized spacial score (nSPS) is 24.6. The first-order valence-corrected chi connectivity index (χ1v) is 6.92. The van der Waals surface area contributed by atoms with Gasteiger partial charge in [-0.3, -0.25) is 15.1 Å². The molecule has 0 radical (unpaired) electrons. The number of H-pyrrole nitrogens is 1. The minimum atomic E-state index is -0.288. The molecule has 1 amide bonds. The maximum atomic E-state index is 12.5. The van der Waals surface area contributed by atoms with Gasteiger partial charge in [-0.25, -0.2) is 0 Å². The van der Waals surface area contributed by atoms with Crippen LogP contribution in [0.4, 0.5) is 0 Å². The lowest BCUT2D eigenvalue weighted by Crippen LogP contribution is -2.56. The fourth-order valence-electron chi connectivity index (χ4n) is 2.65. The number of carbonyl (C=O) groups is 1. The van der Waals surface area contributed by atoms with Crippen LogP contribution in [0, 0.1) is 0 Å². The molecule has 1 atom stereocenters. The maximum absolute atomic E-state index is 12.5. The van der Waals surface area contributed by atoms with Crippen molar-refractivity contribution in [2.45, 2.75) is 5.66 Å². The lowest BCUT2D eigenvalue weighted by Gasteiger charge is -2.32. The van der Waals surface area contributed by atoms with E-state index in [4.69, 9.17) is 11.6 Å². The van der Waals surface area contributed by atoms with Gasteiger partial charge in [-0.2, -0.15) is 0 Å². The molecule has 0 unspecified atom stereocenters. The second-order valence-electron chi connectivity index (χ2n) is 5.25. The third-order valence-corrected chi connectivity index (χ3v) is 4.02. The van der Waals surface area contributed by atoms with Crippen molar-refractivity contribution in [1.82, 2.24) is 15.2 Å². The average molecular weight is 289 g/mol. The van der Waals surface area contributed by atoms with E-state index in [-0.39, 0.29) is 11.6 Å². The summed E-state index contributed by atoms with van der Waals surface area (Å²) in [5.74, 6) is 0.00805. The Balaban J connectivity index is 1.63. The highest BCUT2D eigenvalue weighted by Gasteiger charge is 2.42. The molecule has 20 heavy (non-hydrogen) atoms. The van der Waals surface area contributed by atoms with Crippen LogP contribution in [0.25, 0.3) is 10.9 Å². The molecule has 6 heteroatoms. The average Bonchev–Trinajstić information content (AvgIpc) is 3.04. The van der Waals surface area contributed by atoms with E-state index in [0.717, 1.165) is 17.4 Å². The van der Waals surface area contributed by atoms with Crippen molar-refractivity contribution in [3.05, 3.63) is 35.0 Å². The van der Waals surface area contributed by atoms with E-state index in [0.29, 0.717) is 23.8 Å². The smallest absolute Gasteiger partial charge is 0.270 e. The second kappa shape index (κ2) is 4.07. The topological polar surface area (TPSA) is 60.5 Å². The molecule has 0 aliphatic carbocycles. The van der Waals surface area contributed by atoms with E-state index >= 15 is 0 Å². The van der Waals surface area contributed by atoms with Gasteiger partial charge in [0, 0.05) is 35.2 Å². The van der Waals surface area contributed by atoms with E-state index < -0.39 is 0 Å². The van der Waals surface area contributed by atoms with Gasteiger partial charge in [-0.05, 0) is 24.3 Å². The molecule has 0 bridgehead atoms. The zero-order chi connectivity index (χ0) is 13.7. The van der Waals surface area contributed by atoms with Crippen LogP contribution in [-0.4, -0.2) is 47.3 Å². The number of nitrogens with one attached hydrogen (secondary N) is 2. The van der Waals surface area contributed by atoms with Gasteiger partial charge in [0.15, 0.2) is 5.66 Å². The Kier molecular flexibility index (Phi) is 2.43. The number of carbonyl (C=O) groups excluding carboxylic acids is 1. The summed E-state index contributed by atoms with van der Waals surface area (Å²) in [7, 11) is 0. The Bertz CT molecular complexity index is 730. The molecule has 2 N–H and O–H groups in total. The third kappa shape index (κ3) is 1.90. The van der Waals surface area contributed by atoms with Gasteiger partial charge in [0.2, 0.25) is 0 Å². The van der Waals surface area contributed by atoms with E-state index in [2.05, 4.69) is 15.3 Å². The first kappa shape index (κ1) is 11.9. The quantitative estimate of drug-likeness (QED) is 0.838. The first-order valence-electron chi connectivity index (χ1n) is 6.54. The van der Waals surface area contributed by atoms with Crippen molar-refractivity contribution in [3.8, 4) is 0 Å². The van der Waals surface area contributed by atoms with Crippen LogP contribution >= 0.6 is 11.6 Å². The van der Waals surface area contributed by atoms with Crippen molar-refractivity contribution in [2.75, 3.05) is 19.6 Å². The zero-order valence-corrected chi connectivity index (χ0v) is 11.4. The van der Waals surface area contributed by atoms with Crippen LogP contribution in [0.3, 0.4) is 0 Å². The Morgan fingerprint density at radius 3 is 3.05 bits per heavy atom. The van der Waals surface area contributed by atoms with Gasteiger partial charge in [0.1, 0.15) is 5.69 Å². The Morgan fingerprint density at radius 2 is 2.25 bits per heavy atom. The molecule has 5 nitrogen and oxygen atoms in total. The van der Waals surface area contributed by atoms with E-state index in [1.54, 1.807) is 0 Å². The van der Waals surface area contributed by atoms with E-state index in [1.807, 2.05) is 35.4 Å². The molecule has 2 aromatic rings. The van der Waals surface area contributed by atoms with Gasteiger partial charge in [-0.1, -0.05) is 11.6 Å². The van der Waals surface area contributed by atoms with Crippen LogP contribution < -0.4 is 5.32 Å². The lowest BCUT2D eigenvalue weighted by molar-refractivity contribution is 0.0693. The summed E-state index contributed by atoms with van der Waals surface area (Å²) in [6, 6.07) is 7.41. The molecular weight excluding hydrogens is 276 g/mol. The number of benzene rings is 1. The van der Waals surface area contributed by atoms with Gasteiger partial charge in [0.05, 0.1) is 6.54 Å². The van der Waals surface area contributed by atoms with Crippen molar-refractivity contribution >= 4 is 34.6 Å². The van der Waals surface area contributed by atoms with Crippen molar-refractivity contribution < 1.29 is 4.79 Å². The largest absolute Gasteiger partial charge is 0.351 e. The highest BCUT2D eigenvalue weighted by Crippen LogP contribution is 2.24. The molecular formula is C14H13ClN4O. The molecule has 102 valence electrons. The monoisotopic (exact) mass is 288 g/mol. The Labute approximate surface area is 120 Å². The number of piperazine rings is 1. The molecule has 1 saturated heterocycles. The van der Waals surface area contributed by atoms with Crippen LogP contribution in [0.1, 0.15) is 10.5 Å². The SMILES string of the molecule is O=C(c1cc2cc(Cl)ccc2[nH]1)N1CCN[C@@]2(C=N2)C1. The molecule has 4 rings (SSSR count). The second-order valence-corrected chi connectivity index (χ2v) is 5.69. The number of aromatic nitrogens is 1. The van der Waals surface area contributed by atoms with Crippen LogP contribution in [0.2, 0.25) is 5.02 Å². The minimum Gasteiger partial charge on any atom is -0.351 e. The van der Waals surface area contributed by atoms with Gasteiger partial charge in [-0.15, -0.1) is 0 Å². The first-order chi connectivity index (χ1) is 9.65. The molecule has 1 aromatic carbocycles. The van der Waals surface area contributed by atoms with Crippen LogP contribution in [0.5, 0.6) is 0 Å². The fourth-order valence-corrected chi connectivity index (χ4v) is 2.83. The molecule has 1 fully saturated rings. The number of halogens is 1. The number of aromatic amines is 1. The van der Waals surface area contributed by atoms with E-state index in [9.17, 15) is 4.79 Å². The van der Waals surface area contributed by atoms with E-state index in [1.165, 1.54) is 0 Å². The minimum absolute atomic E-state index is 0.00805. The molecule has 2 aliphatic rings. The van der Waals surface area contributed by atoms with Gasteiger partial charge >= 0.3 is 0 Å². The zero-order valence-electron chi connectivity index (χ0n) is 10.7. The number of nitrogens with zero attached hydrogens (tertiary/aromatic N) is 2. The number of aliphatic imine (C=N–C) groups is 1. The van der Waals surface area contributed by atoms with Gasteiger partial charge in [0.25, 0.3) is 5.91 Å². The predicted molar refractivity (Wildman–Crippen MR) is 78.4 cm³/mol. The highest BCUT2D eigenvalue weighted by molar-refractivity contribution is 6.31. The third-order valence-electron chi connectivity index (χ3n) is 3.79. The number of fused-ring (bicyclic) bond motifs is 1. The summed E-state index contributed by atoms with van der Waals surface area (Å²) < 4.78 is 0. The standard InChI is InChI=1S/C14H13ClN4O/c15-10-1-2-11-9(5-10)6-12(18-11)13(20)19-4-3-16-14(8-19)7-17-14/h1-2,5-7,16,18H,3-4,8H2/t14-/m1/s1. The summed E-state index contributed by atoms with van der Waals surface area (Å²) in [6.07, 6.45) is 1.86. The van der Waals surface area contributed by atoms with Crippen LogP contribution in [-0.2, 0) is 0 Å². The summed E-state index contributed by atoms with van der Waals surface area (Å²) >= 11 is 5.97. The molecule has 1 spiro atoms. The van der Waals surface area contributed by atoms with Crippen molar-refractivity contribution in [3.63, 3.8) is 0 Å². The lowest BCUT2D eigenvalue weighted by atomic mass is 10.2. The number of rotatable bonds is 1. The Hall–Kier alpha value is -1.85. The summed E-state index contributed by atoms with van der Waals surface area (Å²) in [6.45, 7) is 2.06. The van der Waals surface area contributed by atoms with Crippen molar-refractivity contribution in [2.24, 2.45) is 4.99 Å². The molecule has 1 aromatic heterocycles. The van der Waals surface area contributed by atoms with Crippen LogP contribution in [0.15, 0.2) is 29.3 Å². The maximum Gasteiger partial charge on any atom is 0.270 e. The highest BCUT2D eigenvalue weighted by atomic mass is 35.5. The fraction of sp³-hybridized carbons (Fsp3) is 0.286. The molecule has 3 heterocycles. The predicted octanol–water partition coefficient (Wildman–Crippen LogP) is 1.65. The molecule has 0 saturated carbocycles. The van der Waals surface area contributed by atoms with Gasteiger partial charge < -0.3 is 9.88 Å².